The van der Waals surface area contributed by atoms with Crippen LogP contribution in [0.2, 0.25) is 0 Å². The molecule has 37 heavy (non-hydrogen) atoms. The van der Waals surface area contributed by atoms with Crippen molar-refractivity contribution < 1.29 is 26.7 Å². The van der Waals surface area contributed by atoms with Crippen molar-refractivity contribution in [3.8, 4) is 17.2 Å². The maximum absolute atomic E-state index is 12.4. The van der Waals surface area contributed by atoms with Gasteiger partial charge >= 0.3 is 5.51 Å². The third-order valence-electron chi connectivity index (χ3n) is 4.97. The Labute approximate surface area is 212 Å². The Balaban J connectivity index is 1.13. The number of oxazole rings is 2. The van der Waals surface area contributed by atoms with Gasteiger partial charge in [0.25, 0.3) is 0 Å². The number of aromatic amines is 1. The zero-order valence-electron chi connectivity index (χ0n) is 19.0. The van der Waals surface area contributed by atoms with E-state index in [0.717, 1.165) is 22.5 Å². The lowest BCUT2D eigenvalue weighted by atomic mass is 10.2. The van der Waals surface area contributed by atoms with Crippen LogP contribution in [-0.2, 0) is 13.0 Å². The van der Waals surface area contributed by atoms with Crippen LogP contribution in [0.15, 0.2) is 81.0 Å². The number of thioether (sulfide) groups is 1. The van der Waals surface area contributed by atoms with Crippen molar-refractivity contribution in [2.24, 2.45) is 0 Å². The van der Waals surface area contributed by atoms with Gasteiger partial charge in [0.15, 0.2) is 0 Å². The van der Waals surface area contributed by atoms with Crippen LogP contribution >= 0.6 is 11.8 Å². The third kappa shape index (κ3) is 6.88. The van der Waals surface area contributed by atoms with E-state index in [9.17, 15) is 13.2 Å². The second kappa shape index (κ2) is 10.7. The highest BCUT2D eigenvalue weighted by molar-refractivity contribution is 8.00. The minimum Gasteiger partial charge on any atom is -0.487 e. The van der Waals surface area contributed by atoms with Crippen molar-refractivity contribution in [2.45, 2.75) is 23.4 Å². The lowest BCUT2D eigenvalue weighted by Crippen LogP contribution is -1.98. The van der Waals surface area contributed by atoms with Crippen LogP contribution in [0, 0.1) is 0 Å². The summed E-state index contributed by atoms with van der Waals surface area (Å²) in [4.78, 5) is 8.94. The first-order valence-corrected chi connectivity index (χ1v) is 11.7. The molecule has 0 fully saturated rings. The van der Waals surface area contributed by atoms with Crippen molar-refractivity contribution in [3.05, 3.63) is 95.8 Å². The lowest BCUT2D eigenvalue weighted by Gasteiger charge is -2.05. The molecule has 5 rings (SSSR count). The van der Waals surface area contributed by atoms with Crippen LogP contribution < -0.4 is 4.74 Å². The summed E-state index contributed by atoms with van der Waals surface area (Å²) in [6.07, 6.45) is 8.57. The first kappa shape index (κ1) is 24.4. The fourth-order valence-electron chi connectivity index (χ4n) is 3.28. The number of hydrogen-bond donors (Lipinski definition) is 1. The molecule has 0 radical (unpaired) electrons. The molecule has 0 saturated heterocycles. The van der Waals surface area contributed by atoms with E-state index in [1.54, 1.807) is 48.9 Å². The van der Waals surface area contributed by atoms with Gasteiger partial charge in [0.2, 0.25) is 11.8 Å². The van der Waals surface area contributed by atoms with E-state index in [0.29, 0.717) is 29.6 Å². The monoisotopic (exact) mass is 525 g/mol. The topological polar surface area (TPSA) is 103 Å². The van der Waals surface area contributed by atoms with Gasteiger partial charge in [-0.2, -0.15) is 28.6 Å². The van der Waals surface area contributed by atoms with E-state index in [1.165, 1.54) is 18.4 Å². The van der Waals surface area contributed by atoms with Crippen molar-refractivity contribution in [1.82, 2.24) is 25.4 Å². The molecule has 0 unspecified atom stereocenters. The van der Waals surface area contributed by atoms with Gasteiger partial charge in [-0.3, -0.25) is 0 Å². The van der Waals surface area contributed by atoms with E-state index < -0.39 is 5.51 Å². The van der Waals surface area contributed by atoms with Crippen LogP contribution in [0.1, 0.15) is 28.5 Å². The summed E-state index contributed by atoms with van der Waals surface area (Å²) in [5, 5.41) is 10.3. The van der Waals surface area contributed by atoms with Gasteiger partial charge in [-0.15, -0.1) is 0 Å². The quantitative estimate of drug-likeness (QED) is 0.221. The van der Waals surface area contributed by atoms with Crippen molar-refractivity contribution >= 4 is 23.9 Å². The van der Waals surface area contributed by atoms with Crippen molar-refractivity contribution in [1.29, 1.82) is 0 Å². The maximum atomic E-state index is 12.4. The number of ether oxygens (including phenoxy) is 1. The Hall–Kier alpha value is -4.32. The summed E-state index contributed by atoms with van der Waals surface area (Å²) in [6.45, 7) is 0.195. The maximum Gasteiger partial charge on any atom is 0.446 e. The van der Waals surface area contributed by atoms with E-state index in [2.05, 4.69) is 25.4 Å². The Bertz CT molecular complexity index is 1460. The molecule has 0 aliphatic heterocycles. The lowest BCUT2D eigenvalue weighted by molar-refractivity contribution is -0.0328. The summed E-state index contributed by atoms with van der Waals surface area (Å²) in [5.74, 6) is 1.48. The van der Waals surface area contributed by atoms with Crippen LogP contribution in [0.4, 0.5) is 13.2 Å². The molecule has 8 nitrogen and oxygen atoms in total. The van der Waals surface area contributed by atoms with Gasteiger partial charge in [-0.25, -0.2) is 9.97 Å². The SMILES string of the molecule is FC(F)(F)Sc1ccc(C=Cc2nc(COc3ccc(-c4nc(Cc5cn[nH]n5)co4)cc3)co2)cc1. The summed E-state index contributed by atoms with van der Waals surface area (Å²) < 4.78 is 54.1. The van der Waals surface area contributed by atoms with Crippen LogP contribution in [0.25, 0.3) is 23.6 Å². The average molecular weight is 526 g/mol. The van der Waals surface area contributed by atoms with Crippen LogP contribution in [0.5, 0.6) is 5.75 Å². The molecular formula is C25H18F3N5O3S. The van der Waals surface area contributed by atoms with Gasteiger partial charge in [0.1, 0.15) is 30.6 Å². The second-order valence-electron chi connectivity index (χ2n) is 7.72. The Morgan fingerprint density at radius 3 is 2.41 bits per heavy atom. The summed E-state index contributed by atoms with van der Waals surface area (Å²) in [6, 6.07) is 13.3. The van der Waals surface area contributed by atoms with Crippen molar-refractivity contribution in [2.75, 3.05) is 0 Å². The molecule has 0 saturated carbocycles. The molecule has 1 N–H and O–H groups in total. The highest BCUT2D eigenvalue weighted by atomic mass is 32.2. The first-order chi connectivity index (χ1) is 17.9. The van der Waals surface area contributed by atoms with E-state index in [1.807, 2.05) is 12.1 Å². The Kier molecular flexibility index (Phi) is 7.08. The number of nitrogens with zero attached hydrogens (tertiary/aromatic N) is 4. The van der Waals surface area contributed by atoms with E-state index >= 15 is 0 Å². The molecule has 12 heteroatoms. The molecule has 3 aromatic heterocycles. The molecule has 2 aromatic carbocycles. The molecular weight excluding hydrogens is 507 g/mol. The van der Waals surface area contributed by atoms with E-state index in [-0.39, 0.29) is 23.3 Å². The van der Waals surface area contributed by atoms with Gasteiger partial charge in [-0.1, -0.05) is 12.1 Å². The predicted molar refractivity (Wildman–Crippen MR) is 129 cm³/mol. The average Bonchev–Trinajstić information content (AvgIpc) is 3.65. The third-order valence-corrected chi connectivity index (χ3v) is 5.71. The highest BCUT2D eigenvalue weighted by Crippen LogP contribution is 2.36. The van der Waals surface area contributed by atoms with Crippen molar-refractivity contribution in [3.63, 3.8) is 0 Å². The smallest absolute Gasteiger partial charge is 0.446 e. The fraction of sp³-hybridized carbons (Fsp3) is 0.120. The first-order valence-electron chi connectivity index (χ1n) is 10.9. The number of alkyl halides is 3. The molecule has 0 amide bonds. The van der Waals surface area contributed by atoms with Gasteiger partial charge in [-0.05, 0) is 59.8 Å². The highest BCUT2D eigenvalue weighted by Gasteiger charge is 2.28. The molecule has 3 heterocycles. The largest absolute Gasteiger partial charge is 0.487 e. The molecule has 0 atom stereocenters. The predicted octanol–water partition coefficient (Wildman–Crippen LogP) is 6.40. The molecule has 5 aromatic rings. The van der Waals surface area contributed by atoms with Crippen LogP contribution in [-0.4, -0.2) is 30.9 Å². The normalized spacial score (nSPS) is 11.9. The minimum absolute atomic E-state index is 0.126. The van der Waals surface area contributed by atoms with Gasteiger partial charge in [0, 0.05) is 23.0 Å². The standard InChI is InChI=1S/C25H18F3N5O3S/c26-25(27,28)37-22-8-1-16(2-9-22)3-10-23-30-20(15-35-23)14-34-21-6-4-17(5-7-21)24-31-19(13-36-24)11-18-12-29-33-32-18/h1-10,12-13,15H,11,14H2,(H,29,32,33). The summed E-state index contributed by atoms with van der Waals surface area (Å²) in [7, 11) is 0. The molecule has 188 valence electrons. The zero-order chi connectivity index (χ0) is 25.7. The number of rotatable bonds is 9. The van der Waals surface area contributed by atoms with Gasteiger partial charge in [0.05, 0.1) is 17.6 Å². The number of benzene rings is 2. The van der Waals surface area contributed by atoms with Gasteiger partial charge < -0.3 is 13.6 Å². The Morgan fingerprint density at radius 2 is 1.68 bits per heavy atom. The number of aromatic nitrogens is 5. The molecule has 0 spiro atoms. The molecule has 0 aliphatic carbocycles. The molecule has 0 aliphatic rings. The number of nitrogens with one attached hydrogen (secondary N) is 1. The number of hydrogen-bond acceptors (Lipinski definition) is 8. The molecule has 0 bridgehead atoms. The summed E-state index contributed by atoms with van der Waals surface area (Å²) >= 11 is -0.150. The van der Waals surface area contributed by atoms with E-state index in [4.69, 9.17) is 13.6 Å². The fourth-order valence-corrected chi connectivity index (χ4v) is 3.82. The number of halogens is 3. The zero-order valence-corrected chi connectivity index (χ0v) is 19.8. The summed E-state index contributed by atoms with van der Waals surface area (Å²) in [5.41, 5.74) is -0.677. The second-order valence-corrected chi connectivity index (χ2v) is 8.86. The Morgan fingerprint density at radius 1 is 0.892 bits per heavy atom. The number of H-pyrrole nitrogens is 1. The minimum atomic E-state index is -4.31. The van der Waals surface area contributed by atoms with Crippen LogP contribution in [0.3, 0.4) is 0 Å².